The van der Waals surface area contributed by atoms with Gasteiger partial charge in [-0.2, -0.15) is 0 Å². The molecule has 2 aromatic rings. The summed E-state index contributed by atoms with van der Waals surface area (Å²) in [4.78, 5) is 0. The molecule has 2 rings (SSSR count). The summed E-state index contributed by atoms with van der Waals surface area (Å²) in [5, 5.41) is 1.24. The molecule has 0 unspecified atom stereocenters. The lowest BCUT2D eigenvalue weighted by molar-refractivity contribution is 0.415. The van der Waals surface area contributed by atoms with E-state index in [0.717, 1.165) is 18.6 Å². The molecular weight excluding hydrogens is 198 g/mol. The predicted molar refractivity (Wildman–Crippen MR) is 68.0 cm³/mol. The lowest BCUT2D eigenvalue weighted by atomic mass is 10.2. The van der Waals surface area contributed by atoms with Crippen LogP contribution < -0.4 is 4.74 Å². The Bertz CT molecular complexity index is 511. The number of aromatic nitrogens is 1. The van der Waals surface area contributed by atoms with Gasteiger partial charge in [-0.1, -0.05) is 6.08 Å². The molecule has 1 heterocycles. The van der Waals surface area contributed by atoms with Gasteiger partial charge in [0, 0.05) is 23.6 Å². The lowest BCUT2D eigenvalue weighted by Crippen LogP contribution is -1.95. The van der Waals surface area contributed by atoms with Crippen molar-refractivity contribution < 1.29 is 4.74 Å². The fourth-order valence-corrected chi connectivity index (χ4v) is 2.00. The molecule has 16 heavy (non-hydrogen) atoms. The maximum atomic E-state index is 5.23. The van der Waals surface area contributed by atoms with Gasteiger partial charge in [0.05, 0.1) is 7.11 Å². The average molecular weight is 215 g/mol. The lowest BCUT2D eigenvalue weighted by Gasteiger charge is -2.03. The summed E-state index contributed by atoms with van der Waals surface area (Å²) >= 11 is 0. The Morgan fingerprint density at radius 2 is 2.19 bits per heavy atom. The standard InChI is InChI=1S/C14H17NO/c1-4-5-6-12-9-11-10-13(16-3)7-8-14(11)15(12)2/h4,7-10H,1,5-6H2,2-3H3. The first-order chi connectivity index (χ1) is 7.76. The molecule has 84 valence electrons. The van der Waals surface area contributed by atoms with E-state index >= 15 is 0 Å². The van der Waals surface area contributed by atoms with E-state index in [0.29, 0.717) is 0 Å². The van der Waals surface area contributed by atoms with Gasteiger partial charge < -0.3 is 9.30 Å². The molecule has 0 N–H and O–H groups in total. The second kappa shape index (κ2) is 4.44. The van der Waals surface area contributed by atoms with Gasteiger partial charge in [-0.15, -0.1) is 6.58 Å². The van der Waals surface area contributed by atoms with Crippen molar-refractivity contribution in [1.82, 2.24) is 4.57 Å². The minimum Gasteiger partial charge on any atom is -0.497 e. The molecule has 0 saturated carbocycles. The molecule has 0 aliphatic carbocycles. The van der Waals surface area contributed by atoms with Crippen LogP contribution in [0.15, 0.2) is 36.9 Å². The third-order valence-electron chi connectivity index (χ3n) is 2.95. The van der Waals surface area contributed by atoms with Crippen LogP contribution in [-0.2, 0) is 13.5 Å². The molecule has 0 aliphatic rings. The van der Waals surface area contributed by atoms with Gasteiger partial charge in [0.25, 0.3) is 0 Å². The molecule has 0 aliphatic heterocycles. The van der Waals surface area contributed by atoms with E-state index in [2.05, 4.69) is 36.4 Å². The van der Waals surface area contributed by atoms with E-state index in [9.17, 15) is 0 Å². The maximum Gasteiger partial charge on any atom is 0.119 e. The summed E-state index contributed by atoms with van der Waals surface area (Å²) < 4.78 is 7.46. The van der Waals surface area contributed by atoms with Crippen LogP contribution in [0.2, 0.25) is 0 Å². The quantitative estimate of drug-likeness (QED) is 0.714. The van der Waals surface area contributed by atoms with Gasteiger partial charge >= 0.3 is 0 Å². The number of aryl methyl sites for hydroxylation is 2. The zero-order chi connectivity index (χ0) is 11.5. The minimum atomic E-state index is 0.911. The fourth-order valence-electron chi connectivity index (χ4n) is 2.00. The highest BCUT2D eigenvalue weighted by molar-refractivity contribution is 5.82. The third-order valence-corrected chi connectivity index (χ3v) is 2.95. The van der Waals surface area contributed by atoms with Crippen LogP contribution in [0.25, 0.3) is 10.9 Å². The van der Waals surface area contributed by atoms with Crippen LogP contribution in [0.5, 0.6) is 5.75 Å². The molecule has 0 radical (unpaired) electrons. The molecule has 2 heteroatoms. The van der Waals surface area contributed by atoms with E-state index in [1.165, 1.54) is 16.6 Å². The van der Waals surface area contributed by atoms with Crippen molar-refractivity contribution in [3.8, 4) is 5.75 Å². The monoisotopic (exact) mass is 215 g/mol. The molecule has 0 atom stereocenters. The number of rotatable bonds is 4. The average Bonchev–Trinajstić information content (AvgIpc) is 2.63. The summed E-state index contributed by atoms with van der Waals surface area (Å²) in [6.45, 7) is 3.76. The van der Waals surface area contributed by atoms with Gasteiger partial charge in [-0.05, 0) is 37.1 Å². The molecule has 0 amide bonds. The molecule has 2 nitrogen and oxygen atoms in total. The second-order valence-electron chi connectivity index (χ2n) is 3.95. The highest BCUT2D eigenvalue weighted by Gasteiger charge is 2.05. The Morgan fingerprint density at radius 3 is 2.88 bits per heavy atom. The summed E-state index contributed by atoms with van der Waals surface area (Å²) in [5.41, 5.74) is 2.59. The van der Waals surface area contributed by atoms with Gasteiger partial charge in [-0.25, -0.2) is 0 Å². The number of nitrogens with zero attached hydrogens (tertiary/aromatic N) is 1. The van der Waals surface area contributed by atoms with Gasteiger partial charge in [0.2, 0.25) is 0 Å². The zero-order valence-electron chi connectivity index (χ0n) is 9.86. The first-order valence-corrected chi connectivity index (χ1v) is 5.49. The van der Waals surface area contributed by atoms with Crippen LogP contribution in [-0.4, -0.2) is 11.7 Å². The van der Waals surface area contributed by atoms with E-state index < -0.39 is 0 Å². The van der Waals surface area contributed by atoms with Crippen LogP contribution >= 0.6 is 0 Å². The molecule has 1 aromatic carbocycles. The number of ether oxygens (including phenoxy) is 1. The Balaban J connectivity index is 2.45. The summed E-state index contributed by atoms with van der Waals surface area (Å²) in [5.74, 6) is 0.911. The molecule has 0 spiro atoms. The molecule has 0 fully saturated rings. The Kier molecular flexibility index (Phi) is 3.00. The highest BCUT2D eigenvalue weighted by Crippen LogP contribution is 2.24. The molecule has 1 aromatic heterocycles. The third kappa shape index (κ3) is 1.83. The maximum absolute atomic E-state index is 5.23. The van der Waals surface area contributed by atoms with Crippen LogP contribution in [0.3, 0.4) is 0 Å². The minimum absolute atomic E-state index is 0.911. The number of fused-ring (bicyclic) bond motifs is 1. The largest absolute Gasteiger partial charge is 0.497 e. The smallest absolute Gasteiger partial charge is 0.119 e. The van der Waals surface area contributed by atoms with E-state index in [1.54, 1.807) is 7.11 Å². The van der Waals surface area contributed by atoms with Crippen LogP contribution in [0.4, 0.5) is 0 Å². The molecular formula is C14H17NO. The van der Waals surface area contributed by atoms with Crippen molar-refractivity contribution in [2.24, 2.45) is 7.05 Å². The van der Waals surface area contributed by atoms with Gasteiger partial charge in [0.15, 0.2) is 0 Å². The SMILES string of the molecule is C=CCCc1cc2cc(OC)ccc2n1C. The Morgan fingerprint density at radius 1 is 1.38 bits per heavy atom. The van der Waals surface area contributed by atoms with Crippen molar-refractivity contribution in [2.75, 3.05) is 7.11 Å². The Labute approximate surface area is 96.1 Å². The summed E-state index contributed by atoms with van der Waals surface area (Å²) in [6, 6.07) is 8.40. The van der Waals surface area contributed by atoms with E-state index in [4.69, 9.17) is 4.74 Å². The first kappa shape index (κ1) is 10.8. The number of benzene rings is 1. The highest BCUT2D eigenvalue weighted by atomic mass is 16.5. The van der Waals surface area contributed by atoms with Crippen molar-refractivity contribution in [3.05, 3.63) is 42.6 Å². The number of hydrogen-bond donors (Lipinski definition) is 0. The fraction of sp³-hybridized carbons (Fsp3) is 0.286. The topological polar surface area (TPSA) is 14.2 Å². The first-order valence-electron chi connectivity index (χ1n) is 5.49. The Hall–Kier alpha value is -1.70. The van der Waals surface area contributed by atoms with Gasteiger partial charge in [0.1, 0.15) is 5.75 Å². The van der Waals surface area contributed by atoms with Crippen molar-refractivity contribution in [1.29, 1.82) is 0 Å². The van der Waals surface area contributed by atoms with Crippen molar-refractivity contribution >= 4 is 10.9 Å². The van der Waals surface area contributed by atoms with Gasteiger partial charge in [-0.3, -0.25) is 0 Å². The number of allylic oxidation sites excluding steroid dienone is 1. The van der Waals surface area contributed by atoms with Crippen LogP contribution in [0.1, 0.15) is 12.1 Å². The normalized spacial score (nSPS) is 10.6. The second-order valence-corrected chi connectivity index (χ2v) is 3.95. The zero-order valence-corrected chi connectivity index (χ0v) is 9.86. The van der Waals surface area contributed by atoms with Crippen LogP contribution in [0, 0.1) is 0 Å². The van der Waals surface area contributed by atoms with E-state index in [1.807, 2.05) is 12.1 Å². The van der Waals surface area contributed by atoms with E-state index in [-0.39, 0.29) is 0 Å². The molecule has 0 bridgehead atoms. The van der Waals surface area contributed by atoms with Crippen molar-refractivity contribution in [2.45, 2.75) is 12.8 Å². The summed E-state index contributed by atoms with van der Waals surface area (Å²) in [6.07, 6.45) is 4.01. The molecule has 0 saturated heterocycles. The van der Waals surface area contributed by atoms with Crippen molar-refractivity contribution in [3.63, 3.8) is 0 Å². The number of hydrogen-bond acceptors (Lipinski definition) is 1. The number of methoxy groups -OCH3 is 1. The summed E-state index contributed by atoms with van der Waals surface area (Å²) in [7, 11) is 3.80. The predicted octanol–water partition coefficient (Wildman–Crippen LogP) is 3.31.